The monoisotopic (exact) mass is 331 g/mol. The van der Waals surface area contributed by atoms with Gasteiger partial charge in [-0.05, 0) is 25.3 Å². The van der Waals surface area contributed by atoms with E-state index in [0.717, 1.165) is 18.6 Å². The molecule has 6 nitrogen and oxygen atoms in total. The number of nitrogens with one attached hydrogen (secondary N) is 2. The Labute approximate surface area is 142 Å². The zero-order valence-electron chi connectivity index (χ0n) is 14.1. The molecule has 4 rings (SSSR count). The summed E-state index contributed by atoms with van der Waals surface area (Å²) in [5.74, 6) is 1.04. The van der Waals surface area contributed by atoms with E-state index in [-0.39, 0.29) is 17.5 Å². The first-order valence-electron chi connectivity index (χ1n) is 8.88. The molecule has 3 fully saturated rings. The topological polar surface area (TPSA) is 72.5 Å². The van der Waals surface area contributed by atoms with Crippen LogP contribution in [-0.4, -0.2) is 36.9 Å². The maximum Gasteiger partial charge on any atom is 0.315 e. The van der Waals surface area contributed by atoms with Gasteiger partial charge in [-0.2, -0.15) is 0 Å². The largest absolute Gasteiger partial charge is 0.481 e. The van der Waals surface area contributed by atoms with Gasteiger partial charge in [0.1, 0.15) is 0 Å². The smallest absolute Gasteiger partial charge is 0.315 e. The van der Waals surface area contributed by atoms with Crippen LogP contribution in [0.15, 0.2) is 18.3 Å². The Morgan fingerprint density at radius 1 is 1.46 bits per heavy atom. The highest BCUT2D eigenvalue weighted by atomic mass is 16.5. The summed E-state index contributed by atoms with van der Waals surface area (Å²) < 4.78 is 11.2. The van der Waals surface area contributed by atoms with Crippen molar-refractivity contribution in [2.75, 3.05) is 13.7 Å². The summed E-state index contributed by atoms with van der Waals surface area (Å²) in [5, 5.41) is 6.19. The second-order valence-electron chi connectivity index (χ2n) is 7.16. The second kappa shape index (κ2) is 6.24. The molecule has 1 spiro atoms. The first-order chi connectivity index (χ1) is 11.7. The molecule has 3 unspecified atom stereocenters. The van der Waals surface area contributed by atoms with E-state index in [1.54, 1.807) is 13.3 Å². The number of aromatic nitrogens is 1. The fraction of sp³-hybridized carbons (Fsp3) is 0.667. The van der Waals surface area contributed by atoms with E-state index in [9.17, 15) is 4.79 Å². The van der Waals surface area contributed by atoms with Crippen LogP contribution in [0.1, 0.15) is 37.7 Å². The Morgan fingerprint density at radius 3 is 3.08 bits per heavy atom. The Hall–Kier alpha value is -1.82. The van der Waals surface area contributed by atoms with E-state index in [1.165, 1.54) is 25.7 Å². The number of hydrogen-bond donors (Lipinski definition) is 2. The number of fused-ring (bicyclic) bond motifs is 2. The SMILES string of the molecule is COc1ncccc1CNC(=O)NC1C2CCOC2C12CCCC2. The van der Waals surface area contributed by atoms with Crippen LogP contribution >= 0.6 is 0 Å². The Balaban J connectivity index is 1.37. The lowest BCUT2D eigenvalue weighted by atomic mass is 9.54. The van der Waals surface area contributed by atoms with Crippen molar-refractivity contribution in [1.82, 2.24) is 15.6 Å². The van der Waals surface area contributed by atoms with Crippen molar-refractivity contribution in [3.8, 4) is 5.88 Å². The first kappa shape index (κ1) is 15.7. The maximum absolute atomic E-state index is 12.4. The molecule has 0 bridgehead atoms. The second-order valence-corrected chi connectivity index (χ2v) is 7.16. The molecule has 3 atom stereocenters. The molecule has 1 aromatic heterocycles. The van der Waals surface area contributed by atoms with Crippen LogP contribution in [0.3, 0.4) is 0 Å². The van der Waals surface area contributed by atoms with Gasteiger partial charge >= 0.3 is 6.03 Å². The summed E-state index contributed by atoms with van der Waals surface area (Å²) in [4.78, 5) is 16.6. The van der Waals surface area contributed by atoms with Gasteiger partial charge in [-0.1, -0.05) is 18.9 Å². The Morgan fingerprint density at radius 2 is 2.29 bits per heavy atom. The van der Waals surface area contributed by atoms with E-state index in [1.807, 2.05) is 12.1 Å². The fourth-order valence-corrected chi connectivity index (χ4v) is 5.01. The highest BCUT2D eigenvalue weighted by Gasteiger charge is 2.65. The molecule has 2 saturated carbocycles. The van der Waals surface area contributed by atoms with Gasteiger partial charge in [0.05, 0.1) is 13.2 Å². The summed E-state index contributed by atoms with van der Waals surface area (Å²) in [6.07, 6.45) is 7.96. The lowest BCUT2D eigenvalue weighted by Crippen LogP contribution is -2.69. The van der Waals surface area contributed by atoms with Crippen molar-refractivity contribution in [3.63, 3.8) is 0 Å². The third-order valence-electron chi connectivity index (χ3n) is 6.06. The van der Waals surface area contributed by atoms with Gasteiger partial charge in [0.25, 0.3) is 0 Å². The molecule has 2 heterocycles. The zero-order valence-corrected chi connectivity index (χ0v) is 14.1. The number of amides is 2. The lowest BCUT2D eigenvalue weighted by Gasteiger charge is -2.56. The molecule has 0 radical (unpaired) electrons. The number of carbonyl (C=O) groups is 1. The molecule has 3 aliphatic rings. The quantitative estimate of drug-likeness (QED) is 0.887. The summed E-state index contributed by atoms with van der Waals surface area (Å²) in [7, 11) is 1.59. The van der Waals surface area contributed by atoms with Crippen LogP contribution in [0.5, 0.6) is 5.88 Å². The minimum atomic E-state index is -0.109. The molecule has 1 aromatic rings. The standard InChI is InChI=1S/C18H25N3O3/c1-23-16-12(5-4-9-19-16)11-20-17(22)21-14-13-6-10-24-15(13)18(14)7-2-3-8-18/h4-5,9,13-15H,2-3,6-8,10-11H2,1H3,(H2,20,21,22). The molecule has 2 amide bonds. The van der Waals surface area contributed by atoms with Gasteiger partial charge in [0.15, 0.2) is 0 Å². The van der Waals surface area contributed by atoms with Gasteiger partial charge in [0, 0.05) is 42.3 Å². The van der Waals surface area contributed by atoms with Gasteiger partial charge in [-0.15, -0.1) is 0 Å². The fourth-order valence-electron chi connectivity index (χ4n) is 5.01. The maximum atomic E-state index is 12.4. The summed E-state index contributed by atoms with van der Waals surface area (Å²) in [5.41, 5.74) is 1.06. The molecular formula is C18H25N3O3. The number of rotatable bonds is 4. The molecule has 1 aliphatic heterocycles. The van der Waals surface area contributed by atoms with Crippen LogP contribution in [0.25, 0.3) is 0 Å². The lowest BCUT2D eigenvalue weighted by molar-refractivity contribution is -0.126. The average molecular weight is 331 g/mol. The third-order valence-corrected chi connectivity index (χ3v) is 6.06. The molecule has 1 saturated heterocycles. The van der Waals surface area contributed by atoms with E-state index >= 15 is 0 Å². The summed E-state index contributed by atoms with van der Waals surface area (Å²) in [6, 6.07) is 3.90. The van der Waals surface area contributed by atoms with Gasteiger partial charge in [0.2, 0.25) is 5.88 Å². The van der Waals surface area contributed by atoms with Crippen molar-refractivity contribution in [2.45, 2.75) is 50.8 Å². The zero-order chi connectivity index (χ0) is 16.6. The van der Waals surface area contributed by atoms with Crippen molar-refractivity contribution in [2.24, 2.45) is 11.3 Å². The van der Waals surface area contributed by atoms with Gasteiger partial charge in [-0.25, -0.2) is 9.78 Å². The number of hydrogen-bond acceptors (Lipinski definition) is 4. The normalized spacial score (nSPS) is 29.8. The number of ether oxygens (including phenoxy) is 2. The number of carbonyl (C=O) groups excluding carboxylic acids is 1. The molecule has 24 heavy (non-hydrogen) atoms. The highest BCUT2D eigenvalue weighted by Crippen LogP contribution is 2.60. The molecule has 0 aromatic carbocycles. The van der Waals surface area contributed by atoms with E-state index < -0.39 is 0 Å². The predicted octanol–water partition coefficient (Wildman–Crippen LogP) is 2.24. The van der Waals surface area contributed by atoms with Gasteiger partial charge in [-0.3, -0.25) is 0 Å². The average Bonchev–Trinajstić information content (AvgIpc) is 3.26. The minimum absolute atomic E-state index is 0.109. The molecule has 130 valence electrons. The number of urea groups is 1. The molecule has 2 N–H and O–H groups in total. The number of methoxy groups -OCH3 is 1. The van der Waals surface area contributed by atoms with Crippen LogP contribution < -0.4 is 15.4 Å². The van der Waals surface area contributed by atoms with Crippen molar-refractivity contribution in [1.29, 1.82) is 0 Å². The van der Waals surface area contributed by atoms with Crippen LogP contribution in [0.2, 0.25) is 0 Å². The Kier molecular flexibility index (Phi) is 4.08. The summed E-state index contributed by atoms with van der Waals surface area (Å²) in [6.45, 7) is 1.25. The predicted molar refractivity (Wildman–Crippen MR) is 88.7 cm³/mol. The van der Waals surface area contributed by atoms with Crippen molar-refractivity contribution < 1.29 is 14.3 Å². The summed E-state index contributed by atoms with van der Waals surface area (Å²) >= 11 is 0. The highest BCUT2D eigenvalue weighted by molar-refractivity contribution is 5.74. The van der Waals surface area contributed by atoms with Crippen molar-refractivity contribution >= 4 is 6.03 Å². The van der Waals surface area contributed by atoms with E-state index in [2.05, 4.69) is 15.6 Å². The molecule has 6 heteroatoms. The molecular weight excluding hydrogens is 306 g/mol. The number of nitrogens with zero attached hydrogens (tertiary/aromatic N) is 1. The third kappa shape index (κ3) is 2.44. The molecule has 2 aliphatic carbocycles. The van der Waals surface area contributed by atoms with E-state index in [0.29, 0.717) is 24.4 Å². The van der Waals surface area contributed by atoms with Crippen LogP contribution in [0.4, 0.5) is 4.79 Å². The van der Waals surface area contributed by atoms with Crippen molar-refractivity contribution in [3.05, 3.63) is 23.9 Å². The van der Waals surface area contributed by atoms with Gasteiger partial charge < -0.3 is 20.1 Å². The Bertz CT molecular complexity index is 615. The van der Waals surface area contributed by atoms with Crippen LogP contribution in [0, 0.1) is 11.3 Å². The first-order valence-corrected chi connectivity index (χ1v) is 8.88. The van der Waals surface area contributed by atoms with Crippen LogP contribution in [-0.2, 0) is 11.3 Å². The minimum Gasteiger partial charge on any atom is -0.481 e. The van der Waals surface area contributed by atoms with E-state index in [4.69, 9.17) is 9.47 Å². The number of pyridine rings is 1.